The van der Waals surface area contributed by atoms with E-state index in [1.807, 2.05) is 37.3 Å². The Kier molecular flexibility index (Phi) is 4.81. The Bertz CT molecular complexity index is 309. The van der Waals surface area contributed by atoms with E-state index in [-0.39, 0.29) is 6.04 Å². The summed E-state index contributed by atoms with van der Waals surface area (Å²) in [5.74, 6) is 0. The number of hydrogen-bond acceptors (Lipinski definition) is 2. The van der Waals surface area contributed by atoms with Crippen molar-refractivity contribution in [3.63, 3.8) is 0 Å². The standard InChI is InChI=1S/C12H18N2O/c1-3-4-10-14(15)13-11(2)12-8-6-5-7-9-12/h5-9,11H,3-4,10H2,1-2H3. The van der Waals surface area contributed by atoms with Crippen LogP contribution >= 0.6 is 0 Å². The molecule has 1 aromatic rings. The van der Waals surface area contributed by atoms with Gasteiger partial charge < -0.3 is 5.21 Å². The van der Waals surface area contributed by atoms with Crippen molar-refractivity contribution in [3.8, 4) is 0 Å². The van der Waals surface area contributed by atoms with Gasteiger partial charge in [-0.2, -0.15) is 0 Å². The second-order valence-corrected chi connectivity index (χ2v) is 3.63. The van der Waals surface area contributed by atoms with Crippen LogP contribution in [-0.2, 0) is 0 Å². The molecule has 0 aromatic heterocycles. The van der Waals surface area contributed by atoms with Gasteiger partial charge in [0.25, 0.3) is 0 Å². The lowest BCUT2D eigenvalue weighted by Gasteiger charge is -2.05. The Balaban J connectivity index is 2.58. The number of unbranched alkanes of at least 4 members (excludes halogenated alkanes) is 1. The van der Waals surface area contributed by atoms with Crippen LogP contribution in [0.4, 0.5) is 0 Å². The first-order valence-electron chi connectivity index (χ1n) is 5.44. The van der Waals surface area contributed by atoms with Crippen LogP contribution in [-0.4, -0.2) is 11.4 Å². The molecular weight excluding hydrogens is 188 g/mol. The van der Waals surface area contributed by atoms with Crippen LogP contribution in [0.3, 0.4) is 0 Å². The van der Waals surface area contributed by atoms with Crippen molar-refractivity contribution < 1.29 is 4.86 Å². The van der Waals surface area contributed by atoms with E-state index in [2.05, 4.69) is 12.0 Å². The summed E-state index contributed by atoms with van der Waals surface area (Å²) in [6.45, 7) is 4.49. The molecule has 0 heterocycles. The van der Waals surface area contributed by atoms with Crippen LogP contribution in [0.15, 0.2) is 35.4 Å². The molecule has 0 bridgehead atoms. The Hall–Kier alpha value is -1.38. The SMILES string of the molecule is CCCC[N+]([O-])=NC(C)c1ccccc1. The number of rotatable bonds is 5. The predicted octanol–water partition coefficient (Wildman–Crippen LogP) is 3.51. The maximum atomic E-state index is 11.3. The van der Waals surface area contributed by atoms with Crippen LogP contribution < -0.4 is 0 Å². The van der Waals surface area contributed by atoms with Crippen LogP contribution in [0.5, 0.6) is 0 Å². The normalized spacial score (nSPS) is 13.9. The van der Waals surface area contributed by atoms with E-state index in [0.717, 1.165) is 23.3 Å². The first kappa shape index (κ1) is 11.7. The molecule has 0 aliphatic carbocycles. The van der Waals surface area contributed by atoms with E-state index < -0.39 is 0 Å². The summed E-state index contributed by atoms with van der Waals surface area (Å²) in [5.41, 5.74) is 1.08. The van der Waals surface area contributed by atoms with E-state index in [9.17, 15) is 5.21 Å². The zero-order chi connectivity index (χ0) is 11.1. The second kappa shape index (κ2) is 6.17. The molecule has 0 aliphatic heterocycles. The van der Waals surface area contributed by atoms with Gasteiger partial charge in [-0.15, -0.1) is 0 Å². The second-order valence-electron chi connectivity index (χ2n) is 3.63. The molecule has 1 aromatic carbocycles. The van der Waals surface area contributed by atoms with Gasteiger partial charge in [0.2, 0.25) is 0 Å². The van der Waals surface area contributed by atoms with Gasteiger partial charge in [-0.1, -0.05) is 48.5 Å². The third-order valence-electron chi connectivity index (χ3n) is 2.29. The first-order valence-corrected chi connectivity index (χ1v) is 5.44. The topological polar surface area (TPSA) is 38.4 Å². The van der Waals surface area contributed by atoms with Gasteiger partial charge in [0.1, 0.15) is 6.04 Å². The van der Waals surface area contributed by atoms with Crippen molar-refractivity contribution in [2.75, 3.05) is 6.54 Å². The summed E-state index contributed by atoms with van der Waals surface area (Å²) in [6, 6.07) is 9.80. The number of hydroxylamine groups is 1. The molecule has 15 heavy (non-hydrogen) atoms. The van der Waals surface area contributed by atoms with Crippen molar-refractivity contribution >= 4 is 0 Å². The maximum Gasteiger partial charge on any atom is 0.180 e. The van der Waals surface area contributed by atoms with Gasteiger partial charge in [0.15, 0.2) is 6.54 Å². The third kappa shape index (κ3) is 4.11. The smallest absolute Gasteiger partial charge is 0.180 e. The first-order chi connectivity index (χ1) is 7.24. The average molecular weight is 206 g/mol. The maximum absolute atomic E-state index is 11.3. The summed E-state index contributed by atoms with van der Waals surface area (Å²) in [5, 5.41) is 15.4. The van der Waals surface area contributed by atoms with Crippen LogP contribution in [0, 0.1) is 5.21 Å². The van der Waals surface area contributed by atoms with Gasteiger partial charge in [0, 0.05) is 6.42 Å². The third-order valence-corrected chi connectivity index (χ3v) is 2.29. The molecule has 0 saturated carbocycles. The minimum absolute atomic E-state index is 0.0550. The molecule has 0 aliphatic rings. The number of azo groups is 1. The zero-order valence-corrected chi connectivity index (χ0v) is 9.39. The summed E-state index contributed by atoms with van der Waals surface area (Å²) in [6.07, 6.45) is 1.92. The molecule has 1 unspecified atom stereocenters. The summed E-state index contributed by atoms with van der Waals surface area (Å²) < 4.78 is 0. The quantitative estimate of drug-likeness (QED) is 0.412. The van der Waals surface area contributed by atoms with Gasteiger partial charge in [0.05, 0.1) is 0 Å². The molecule has 1 rings (SSSR count). The van der Waals surface area contributed by atoms with Crippen molar-refractivity contribution in [2.24, 2.45) is 5.11 Å². The van der Waals surface area contributed by atoms with Crippen molar-refractivity contribution in [1.29, 1.82) is 0 Å². The summed E-state index contributed by atoms with van der Waals surface area (Å²) in [4.78, 5) is 0.807. The van der Waals surface area contributed by atoms with Gasteiger partial charge in [-0.05, 0) is 17.6 Å². The highest BCUT2D eigenvalue weighted by Crippen LogP contribution is 2.15. The molecule has 0 radical (unpaired) electrons. The lowest BCUT2D eigenvalue weighted by molar-refractivity contribution is -0.534. The average Bonchev–Trinajstić information content (AvgIpc) is 2.27. The lowest BCUT2D eigenvalue weighted by Crippen LogP contribution is -2.04. The molecule has 0 N–H and O–H groups in total. The van der Waals surface area contributed by atoms with Gasteiger partial charge in [-0.3, -0.25) is 0 Å². The van der Waals surface area contributed by atoms with E-state index in [0.29, 0.717) is 6.54 Å². The predicted molar refractivity (Wildman–Crippen MR) is 60.7 cm³/mol. The van der Waals surface area contributed by atoms with E-state index >= 15 is 0 Å². The molecule has 0 saturated heterocycles. The molecule has 3 heteroatoms. The fraction of sp³-hybridized carbons (Fsp3) is 0.500. The largest absolute Gasteiger partial charge is 0.600 e. The van der Waals surface area contributed by atoms with Crippen LogP contribution in [0.2, 0.25) is 0 Å². The Morgan fingerprint density at radius 2 is 2.00 bits per heavy atom. The minimum atomic E-state index is -0.0550. The molecule has 0 spiro atoms. The summed E-state index contributed by atoms with van der Waals surface area (Å²) in [7, 11) is 0. The monoisotopic (exact) mass is 206 g/mol. The molecule has 1 atom stereocenters. The fourth-order valence-corrected chi connectivity index (χ4v) is 1.34. The minimum Gasteiger partial charge on any atom is -0.600 e. The highest BCUT2D eigenvalue weighted by Gasteiger charge is 2.06. The number of nitrogens with zero attached hydrogens (tertiary/aromatic N) is 2. The van der Waals surface area contributed by atoms with E-state index in [1.54, 1.807) is 0 Å². The van der Waals surface area contributed by atoms with E-state index in [4.69, 9.17) is 0 Å². The van der Waals surface area contributed by atoms with Crippen molar-refractivity contribution in [1.82, 2.24) is 0 Å². The molecule has 3 nitrogen and oxygen atoms in total. The van der Waals surface area contributed by atoms with Crippen LogP contribution in [0.25, 0.3) is 0 Å². The highest BCUT2D eigenvalue weighted by atomic mass is 16.5. The zero-order valence-electron chi connectivity index (χ0n) is 9.39. The fourth-order valence-electron chi connectivity index (χ4n) is 1.34. The highest BCUT2D eigenvalue weighted by molar-refractivity contribution is 5.17. The summed E-state index contributed by atoms with van der Waals surface area (Å²) >= 11 is 0. The Morgan fingerprint density at radius 3 is 2.60 bits per heavy atom. The number of hydrogen-bond donors (Lipinski definition) is 0. The molecule has 0 fully saturated rings. The van der Waals surface area contributed by atoms with E-state index in [1.165, 1.54) is 0 Å². The van der Waals surface area contributed by atoms with Crippen LogP contribution in [0.1, 0.15) is 38.3 Å². The van der Waals surface area contributed by atoms with Crippen molar-refractivity contribution in [3.05, 3.63) is 41.1 Å². The van der Waals surface area contributed by atoms with Gasteiger partial charge in [-0.25, -0.2) is 0 Å². The van der Waals surface area contributed by atoms with Crippen molar-refractivity contribution in [2.45, 2.75) is 32.7 Å². The molecule has 82 valence electrons. The Morgan fingerprint density at radius 1 is 1.33 bits per heavy atom. The number of benzene rings is 1. The Labute approximate surface area is 91.0 Å². The molecular formula is C12H18N2O. The lowest BCUT2D eigenvalue weighted by atomic mass is 10.1. The van der Waals surface area contributed by atoms with Gasteiger partial charge >= 0.3 is 0 Å². The molecule has 0 amide bonds.